The van der Waals surface area contributed by atoms with Crippen LogP contribution in [0.25, 0.3) is 0 Å². The van der Waals surface area contributed by atoms with Gasteiger partial charge in [-0.3, -0.25) is 9.59 Å². The molecule has 1 spiro atoms. The highest BCUT2D eigenvalue weighted by molar-refractivity contribution is 5.99. The first-order valence-electron chi connectivity index (χ1n) is 11.5. The van der Waals surface area contributed by atoms with Gasteiger partial charge in [0.25, 0.3) is 0 Å². The van der Waals surface area contributed by atoms with Gasteiger partial charge in [-0.2, -0.15) is 0 Å². The number of aliphatic hydroxyl groups is 1. The summed E-state index contributed by atoms with van der Waals surface area (Å²) in [6.45, 7) is 9.07. The number of carbonyl (C=O) groups is 2. The lowest BCUT2D eigenvalue weighted by Gasteiger charge is -2.44. The predicted octanol–water partition coefficient (Wildman–Crippen LogP) is 3.30. The molecule has 0 bridgehead atoms. The van der Waals surface area contributed by atoms with Crippen LogP contribution in [0.5, 0.6) is 5.88 Å². The molecule has 1 aromatic heterocycles. The van der Waals surface area contributed by atoms with E-state index in [1.807, 2.05) is 35.8 Å². The highest BCUT2D eigenvalue weighted by Gasteiger charge is 2.53. The number of ether oxygens (including phenoxy) is 1. The molecule has 0 unspecified atom stereocenters. The van der Waals surface area contributed by atoms with Gasteiger partial charge in [-0.25, -0.2) is 4.98 Å². The van der Waals surface area contributed by atoms with Crippen molar-refractivity contribution in [2.45, 2.75) is 89.9 Å². The summed E-state index contributed by atoms with van der Waals surface area (Å²) in [5.74, 6) is 0.813. The minimum absolute atomic E-state index is 0.0532. The van der Waals surface area contributed by atoms with E-state index in [4.69, 9.17) is 4.74 Å². The largest absolute Gasteiger partial charge is 0.475 e. The van der Waals surface area contributed by atoms with Crippen molar-refractivity contribution < 1.29 is 19.4 Å². The third kappa shape index (κ3) is 4.16. The summed E-state index contributed by atoms with van der Waals surface area (Å²) in [4.78, 5) is 33.7. The van der Waals surface area contributed by atoms with Crippen molar-refractivity contribution in [3.05, 3.63) is 18.3 Å². The number of amides is 2. The molecule has 4 rings (SSSR count). The van der Waals surface area contributed by atoms with E-state index in [-0.39, 0.29) is 23.5 Å². The maximum Gasteiger partial charge on any atom is 0.233 e. The molecule has 3 aliphatic rings. The van der Waals surface area contributed by atoms with Crippen LogP contribution in [0.15, 0.2) is 18.3 Å². The zero-order valence-electron chi connectivity index (χ0n) is 19.2. The number of pyridine rings is 1. The fraction of sp³-hybridized carbons (Fsp3) is 0.708. The molecular weight excluding hydrogens is 394 g/mol. The van der Waals surface area contributed by atoms with Crippen molar-refractivity contribution in [1.29, 1.82) is 0 Å². The second-order valence-corrected chi connectivity index (χ2v) is 10.5. The van der Waals surface area contributed by atoms with Crippen molar-refractivity contribution in [3.8, 4) is 5.88 Å². The third-order valence-corrected chi connectivity index (χ3v) is 7.47. The number of carbonyl (C=O) groups excluding carboxylic acids is 2. The van der Waals surface area contributed by atoms with Crippen LogP contribution in [-0.2, 0) is 9.59 Å². The van der Waals surface area contributed by atoms with Crippen molar-refractivity contribution in [2.75, 3.05) is 18.0 Å². The molecule has 7 heteroatoms. The number of hydrogen-bond donors (Lipinski definition) is 1. The summed E-state index contributed by atoms with van der Waals surface area (Å²) in [7, 11) is 0. The van der Waals surface area contributed by atoms with Crippen LogP contribution in [0.4, 0.5) is 5.69 Å². The molecule has 2 aliphatic heterocycles. The van der Waals surface area contributed by atoms with E-state index in [1.54, 1.807) is 6.20 Å². The Labute approximate surface area is 184 Å². The van der Waals surface area contributed by atoms with E-state index in [1.165, 1.54) is 0 Å². The fourth-order valence-electron chi connectivity index (χ4n) is 5.34. The van der Waals surface area contributed by atoms with Crippen LogP contribution in [0.1, 0.15) is 72.6 Å². The Morgan fingerprint density at radius 1 is 1.10 bits per heavy atom. The number of β-amino-alcohol motifs (C(OH)–C–C–N with tert-alkyl or cyclic N) is 1. The summed E-state index contributed by atoms with van der Waals surface area (Å²) < 4.78 is 5.60. The quantitative estimate of drug-likeness (QED) is 0.777. The molecule has 2 amide bonds. The number of nitrogens with zero attached hydrogens (tertiary/aromatic N) is 3. The SMILES string of the molecule is CC(C)Oc1ccc(N2CCC3(CCC(O)(CN4C(=O)CCC4(C)C)CC3)C2=O)cn1. The Morgan fingerprint density at radius 2 is 1.81 bits per heavy atom. The minimum Gasteiger partial charge on any atom is -0.475 e. The average Bonchev–Trinajstić information content (AvgIpc) is 3.16. The molecule has 0 radical (unpaired) electrons. The van der Waals surface area contributed by atoms with E-state index in [0.29, 0.717) is 51.1 Å². The Morgan fingerprint density at radius 3 is 2.35 bits per heavy atom. The van der Waals surface area contributed by atoms with Gasteiger partial charge in [-0.05, 0) is 72.3 Å². The second-order valence-electron chi connectivity index (χ2n) is 10.5. The Hall–Kier alpha value is -2.15. The van der Waals surface area contributed by atoms with E-state index < -0.39 is 11.0 Å². The highest BCUT2D eigenvalue weighted by Crippen LogP contribution is 2.49. The lowest BCUT2D eigenvalue weighted by molar-refractivity contribution is -0.141. The molecule has 2 saturated heterocycles. The molecule has 1 saturated carbocycles. The molecule has 1 N–H and O–H groups in total. The topological polar surface area (TPSA) is 83.0 Å². The lowest BCUT2D eigenvalue weighted by Crippen LogP contribution is -2.53. The first kappa shape index (κ1) is 22.1. The molecule has 0 aromatic carbocycles. The first-order valence-corrected chi connectivity index (χ1v) is 11.5. The molecule has 3 heterocycles. The summed E-state index contributed by atoms with van der Waals surface area (Å²) in [5, 5.41) is 11.3. The minimum atomic E-state index is -0.909. The molecule has 170 valence electrons. The van der Waals surface area contributed by atoms with Crippen LogP contribution in [0, 0.1) is 5.41 Å². The van der Waals surface area contributed by atoms with Crippen molar-refractivity contribution >= 4 is 17.5 Å². The molecule has 1 aromatic rings. The van der Waals surface area contributed by atoms with Crippen LogP contribution in [-0.4, -0.2) is 57.1 Å². The van der Waals surface area contributed by atoms with Crippen molar-refractivity contribution in [2.24, 2.45) is 5.41 Å². The number of aromatic nitrogens is 1. The van der Waals surface area contributed by atoms with E-state index in [9.17, 15) is 14.7 Å². The maximum absolute atomic E-state index is 13.4. The van der Waals surface area contributed by atoms with Crippen LogP contribution in [0.2, 0.25) is 0 Å². The normalized spacial score (nSPS) is 30.6. The molecule has 7 nitrogen and oxygen atoms in total. The van der Waals surface area contributed by atoms with E-state index >= 15 is 0 Å². The third-order valence-electron chi connectivity index (χ3n) is 7.47. The molecule has 3 fully saturated rings. The van der Waals surface area contributed by atoms with Gasteiger partial charge < -0.3 is 19.6 Å². The van der Waals surface area contributed by atoms with Crippen LogP contribution in [0.3, 0.4) is 0 Å². The number of likely N-dealkylation sites (tertiary alicyclic amines) is 1. The van der Waals surface area contributed by atoms with Gasteiger partial charge >= 0.3 is 0 Å². The molecule has 0 atom stereocenters. The van der Waals surface area contributed by atoms with Crippen LogP contribution < -0.4 is 9.64 Å². The van der Waals surface area contributed by atoms with Crippen molar-refractivity contribution in [1.82, 2.24) is 9.88 Å². The fourth-order valence-corrected chi connectivity index (χ4v) is 5.34. The lowest BCUT2D eigenvalue weighted by atomic mass is 9.67. The van der Waals surface area contributed by atoms with Gasteiger partial charge in [0.1, 0.15) is 0 Å². The molecule has 1 aliphatic carbocycles. The van der Waals surface area contributed by atoms with Gasteiger partial charge in [-0.15, -0.1) is 0 Å². The van der Waals surface area contributed by atoms with Crippen LogP contribution >= 0.6 is 0 Å². The highest BCUT2D eigenvalue weighted by atomic mass is 16.5. The van der Waals surface area contributed by atoms with E-state index in [2.05, 4.69) is 18.8 Å². The van der Waals surface area contributed by atoms with Gasteiger partial charge in [0.15, 0.2) is 0 Å². The van der Waals surface area contributed by atoms with Gasteiger partial charge in [0.05, 0.1) is 29.0 Å². The van der Waals surface area contributed by atoms with Crippen molar-refractivity contribution in [3.63, 3.8) is 0 Å². The zero-order valence-corrected chi connectivity index (χ0v) is 19.2. The molecule has 31 heavy (non-hydrogen) atoms. The Kier molecular flexibility index (Phi) is 5.53. The number of rotatable bonds is 5. The molecular formula is C24H35N3O4. The zero-order chi connectivity index (χ0) is 22.4. The number of hydrogen-bond acceptors (Lipinski definition) is 5. The monoisotopic (exact) mass is 429 g/mol. The van der Waals surface area contributed by atoms with E-state index in [0.717, 1.165) is 18.5 Å². The predicted molar refractivity (Wildman–Crippen MR) is 118 cm³/mol. The smallest absolute Gasteiger partial charge is 0.233 e. The summed E-state index contributed by atoms with van der Waals surface area (Å²) in [6, 6.07) is 3.70. The van der Waals surface area contributed by atoms with Gasteiger partial charge in [-0.1, -0.05) is 0 Å². The Balaban J connectivity index is 1.41. The first-order chi connectivity index (χ1) is 14.5. The van der Waals surface area contributed by atoms with Gasteiger partial charge in [0, 0.05) is 31.1 Å². The summed E-state index contributed by atoms with van der Waals surface area (Å²) in [6.07, 6.45) is 6.33. The second kappa shape index (κ2) is 7.76. The Bertz CT molecular complexity index is 841. The summed E-state index contributed by atoms with van der Waals surface area (Å²) >= 11 is 0. The summed E-state index contributed by atoms with van der Waals surface area (Å²) in [5.41, 5.74) is -0.735. The standard InChI is InChI=1S/C24H35N3O4/c1-17(2)31-19-6-5-18(15-25-19)26-14-13-23(21(26)29)9-11-24(30,12-10-23)16-27-20(28)7-8-22(27,3)4/h5-6,15,17,30H,7-14,16H2,1-4H3. The number of anilines is 1. The van der Waals surface area contributed by atoms with Gasteiger partial charge in [0.2, 0.25) is 17.7 Å². The average molecular weight is 430 g/mol. The maximum atomic E-state index is 13.4.